The highest BCUT2D eigenvalue weighted by atomic mass is 16.5. The molecule has 8 heteroatoms. The normalized spacial score (nSPS) is 15.1. The van der Waals surface area contributed by atoms with Gasteiger partial charge in [-0.3, -0.25) is 4.98 Å². The molecule has 1 aliphatic rings. The van der Waals surface area contributed by atoms with Crippen LogP contribution in [0.3, 0.4) is 0 Å². The Morgan fingerprint density at radius 1 is 0.938 bits per heavy atom. The van der Waals surface area contributed by atoms with Gasteiger partial charge in [-0.25, -0.2) is 15.0 Å². The van der Waals surface area contributed by atoms with E-state index in [2.05, 4.69) is 37.0 Å². The number of hydrogen-bond donors (Lipinski definition) is 2. The second-order valence-electron chi connectivity index (χ2n) is 7.82. The summed E-state index contributed by atoms with van der Waals surface area (Å²) in [6.07, 6.45) is 4.42. The van der Waals surface area contributed by atoms with E-state index in [0.717, 1.165) is 54.2 Å². The number of nitrogens with zero attached hydrogens (tertiary/aromatic N) is 5. The Balaban J connectivity index is 1.54. The molecule has 32 heavy (non-hydrogen) atoms. The minimum Gasteiger partial charge on any atom is -0.507 e. The molecule has 162 valence electrons. The van der Waals surface area contributed by atoms with E-state index in [9.17, 15) is 10.2 Å². The number of benzene rings is 2. The highest BCUT2D eigenvalue weighted by Gasteiger charge is 2.17. The molecule has 1 fully saturated rings. The van der Waals surface area contributed by atoms with Crippen molar-refractivity contribution in [1.82, 2.24) is 19.9 Å². The van der Waals surface area contributed by atoms with Crippen molar-refractivity contribution in [3.8, 4) is 22.9 Å². The summed E-state index contributed by atoms with van der Waals surface area (Å²) in [7, 11) is 0. The number of hydrogen-bond acceptors (Lipinski definition) is 8. The lowest BCUT2D eigenvalue weighted by atomic mass is 9.94. The fraction of sp³-hybridized carbons (Fsp3) is 0.250. The molecule has 0 bridgehead atoms. The number of aromatic nitrogens is 4. The van der Waals surface area contributed by atoms with Gasteiger partial charge < -0.3 is 19.8 Å². The number of aromatic hydroxyl groups is 2. The predicted octanol–water partition coefficient (Wildman–Crippen LogP) is 3.49. The Morgan fingerprint density at radius 2 is 1.78 bits per heavy atom. The van der Waals surface area contributed by atoms with Gasteiger partial charge in [-0.1, -0.05) is 13.0 Å². The molecular formula is C24H23N5O3. The molecule has 2 aromatic heterocycles. The van der Waals surface area contributed by atoms with Gasteiger partial charge in [0.15, 0.2) is 0 Å². The van der Waals surface area contributed by atoms with Gasteiger partial charge in [-0.05, 0) is 35.9 Å². The molecule has 3 heterocycles. The summed E-state index contributed by atoms with van der Waals surface area (Å²) in [5.74, 6) is -0.0466. The summed E-state index contributed by atoms with van der Waals surface area (Å²) in [6, 6.07) is 11.6. The first-order chi connectivity index (χ1) is 15.6. The van der Waals surface area contributed by atoms with Crippen molar-refractivity contribution >= 4 is 16.6 Å². The van der Waals surface area contributed by atoms with Crippen molar-refractivity contribution in [1.29, 1.82) is 0 Å². The molecule has 2 aromatic carbocycles. The highest BCUT2D eigenvalue weighted by Crippen LogP contribution is 2.36. The summed E-state index contributed by atoms with van der Waals surface area (Å²) in [5.41, 5.74) is 4.90. The monoisotopic (exact) mass is 429 g/mol. The molecule has 5 rings (SSSR count). The van der Waals surface area contributed by atoms with Crippen LogP contribution in [0.2, 0.25) is 0 Å². The first kappa shape index (κ1) is 20.1. The van der Waals surface area contributed by atoms with Gasteiger partial charge in [-0.2, -0.15) is 0 Å². The maximum absolute atomic E-state index is 10.7. The van der Waals surface area contributed by atoms with Crippen molar-refractivity contribution < 1.29 is 14.9 Å². The fourth-order valence-corrected chi connectivity index (χ4v) is 4.02. The van der Waals surface area contributed by atoms with E-state index in [1.165, 1.54) is 12.5 Å². The Kier molecular flexibility index (Phi) is 5.28. The largest absolute Gasteiger partial charge is 0.507 e. The van der Waals surface area contributed by atoms with Gasteiger partial charge in [-0.15, -0.1) is 0 Å². The van der Waals surface area contributed by atoms with Gasteiger partial charge in [0.1, 0.15) is 12.1 Å². The molecule has 1 aliphatic heterocycles. The topological polar surface area (TPSA) is 104 Å². The quantitative estimate of drug-likeness (QED) is 0.508. The number of fused-ring (bicyclic) bond motifs is 1. The second kappa shape index (κ2) is 8.39. The van der Waals surface area contributed by atoms with Crippen LogP contribution in [-0.2, 0) is 4.74 Å². The van der Waals surface area contributed by atoms with E-state index in [0.29, 0.717) is 11.3 Å². The Labute approximate surface area is 185 Å². The smallest absolute Gasteiger partial charge is 0.229 e. The number of anilines is 1. The molecule has 1 unspecified atom stereocenters. The molecule has 2 N–H and O–H groups in total. The zero-order valence-electron chi connectivity index (χ0n) is 17.6. The van der Waals surface area contributed by atoms with Gasteiger partial charge in [0.05, 0.1) is 42.5 Å². The zero-order chi connectivity index (χ0) is 22.1. The second-order valence-corrected chi connectivity index (χ2v) is 7.82. The Bertz CT molecular complexity index is 1260. The highest BCUT2D eigenvalue weighted by molar-refractivity contribution is 5.95. The average molecular weight is 429 g/mol. The molecular weight excluding hydrogens is 406 g/mol. The van der Waals surface area contributed by atoms with E-state index < -0.39 is 0 Å². The van der Waals surface area contributed by atoms with Gasteiger partial charge in [0.2, 0.25) is 5.88 Å². The van der Waals surface area contributed by atoms with Gasteiger partial charge in [0.25, 0.3) is 0 Å². The van der Waals surface area contributed by atoms with Crippen LogP contribution in [0.15, 0.2) is 55.1 Å². The summed E-state index contributed by atoms with van der Waals surface area (Å²) < 4.78 is 5.45. The van der Waals surface area contributed by atoms with Crippen molar-refractivity contribution in [3.05, 3.63) is 66.4 Å². The van der Waals surface area contributed by atoms with E-state index >= 15 is 0 Å². The minimum atomic E-state index is -0.115. The molecule has 0 radical (unpaired) electrons. The van der Waals surface area contributed by atoms with Crippen molar-refractivity contribution in [2.45, 2.75) is 12.8 Å². The number of rotatable bonds is 4. The molecule has 0 saturated carbocycles. The van der Waals surface area contributed by atoms with E-state index in [1.807, 2.05) is 25.1 Å². The molecule has 1 atom stereocenters. The summed E-state index contributed by atoms with van der Waals surface area (Å²) in [4.78, 5) is 19.4. The number of phenolic OH excluding ortho intramolecular Hbond substituents is 1. The third-order valence-electron chi connectivity index (χ3n) is 5.87. The SMILES string of the molecule is CC(c1ccc(O)c(-c2ncnc3cc(N4CCOCC4)ccc23)c1)c1cnc(O)cn1. The van der Waals surface area contributed by atoms with Gasteiger partial charge >= 0.3 is 0 Å². The molecule has 1 saturated heterocycles. The molecule has 0 aliphatic carbocycles. The van der Waals surface area contributed by atoms with Crippen molar-refractivity contribution in [2.24, 2.45) is 0 Å². The van der Waals surface area contributed by atoms with Crippen LogP contribution >= 0.6 is 0 Å². The molecule has 0 spiro atoms. The number of phenols is 1. The average Bonchev–Trinajstić information content (AvgIpc) is 2.84. The summed E-state index contributed by atoms with van der Waals surface area (Å²) in [6.45, 7) is 5.15. The van der Waals surface area contributed by atoms with Crippen LogP contribution in [0.5, 0.6) is 11.6 Å². The van der Waals surface area contributed by atoms with Crippen LogP contribution in [0.4, 0.5) is 5.69 Å². The molecule has 0 amide bonds. The maximum atomic E-state index is 10.7. The van der Waals surface area contributed by atoms with E-state index in [-0.39, 0.29) is 17.5 Å². The lowest BCUT2D eigenvalue weighted by Crippen LogP contribution is -2.36. The van der Waals surface area contributed by atoms with Gasteiger partial charge in [0, 0.05) is 35.6 Å². The first-order valence-electron chi connectivity index (χ1n) is 10.5. The number of ether oxygens (including phenoxy) is 1. The van der Waals surface area contributed by atoms with Crippen molar-refractivity contribution in [2.75, 3.05) is 31.2 Å². The van der Waals surface area contributed by atoms with Crippen molar-refractivity contribution in [3.63, 3.8) is 0 Å². The lowest BCUT2D eigenvalue weighted by molar-refractivity contribution is 0.122. The fourth-order valence-electron chi connectivity index (χ4n) is 4.02. The Morgan fingerprint density at radius 3 is 2.56 bits per heavy atom. The number of morpholine rings is 1. The Hall–Kier alpha value is -3.78. The van der Waals surface area contributed by atoms with Crippen LogP contribution in [-0.4, -0.2) is 56.5 Å². The summed E-state index contributed by atoms with van der Waals surface area (Å²) in [5, 5.41) is 20.9. The minimum absolute atomic E-state index is 0.0801. The predicted molar refractivity (Wildman–Crippen MR) is 121 cm³/mol. The standard InChI is InChI=1S/C24H23N5O3/c1-15(21-12-26-23(31)13-25-21)16-2-5-22(30)19(10-16)24-18-4-3-17(11-20(18)27-14-28-24)29-6-8-32-9-7-29/h2-5,10-15,30H,6-9H2,1H3,(H,26,31). The maximum Gasteiger partial charge on any atom is 0.229 e. The molecule has 4 aromatic rings. The van der Waals surface area contributed by atoms with Crippen LogP contribution in [0.1, 0.15) is 24.1 Å². The lowest BCUT2D eigenvalue weighted by Gasteiger charge is -2.29. The third kappa shape index (κ3) is 3.80. The van der Waals surface area contributed by atoms with E-state index in [4.69, 9.17) is 4.74 Å². The molecule has 8 nitrogen and oxygen atoms in total. The van der Waals surface area contributed by atoms with Crippen LogP contribution < -0.4 is 4.90 Å². The summed E-state index contributed by atoms with van der Waals surface area (Å²) >= 11 is 0. The van der Waals surface area contributed by atoms with Crippen LogP contribution in [0.25, 0.3) is 22.2 Å². The first-order valence-corrected chi connectivity index (χ1v) is 10.5. The zero-order valence-corrected chi connectivity index (χ0v) is 17.6. The van der Waals surface area contributed by atoms with Crippen LogP contribution in [0, 0.1) is 0 Å². The third-order valence-corrected chi connectivity index (χ3v) is 5.87. The van der Waals surface area contributed by atoms with E-state index in [1.54, 1.807) is 12.3 Å².